The highest BCUT2D eigenvalue weighted by atomic mass is 16.5. The number of nitriles is 1. The van der Waals surface area contributed by atoms with Crippen LogP contribution in [0.2, 0.25) is 0 Å². The summed E-state index contributed by atoms with van der Waals surface area (Å²) in [7, 11) is 0. The minimum atomic E-state index is -0.0509. The average molecular weight is 349 g/mol. The second-order valence-electron chi connectivity index (χ2n) is 6.63. The Hall–Kier alpha value is -2.75. The van der Waals surface area contributed by atoms with Gasteiger partial charge in [0, 0.05) is 30.4 Å². The van der Waals surface area contributed by atoms with E-state index in [1.54, 1.807) is 36.7 Å². The van der Waals surface area contributed by atoms with Gasteiger partial charge in [0.05, 0.1) is 43.6 Å². The molecule has 132 valence electrons. The molecule has 2 saturated heterocycles. The number of rotatable bonds is 4. The molecule has 0 bridgehead atoms. The van der Waals surface area contributed by atoms with Crippen molar-refractivity contribution in [2.75, 3.05) is 19.8 Å². The van der Waals surface area contributed by atoms with E-state index in [0.29, 0.717) is 37.5 Å². The molecular weight excluding hydrogens is 330 g/mol. The minimum absolute atomic E-state index is 0.0389. The molecule has 2 aromatic rings. The van der Waals surface area contributed by atoms with Crippen LogP contribution < -0.4 is 0 Å². The first kappa shape index (κ1) is 16.7. The van der Waals surface area contributed by atoms with Crippen LogP contribution in [0.15, 0.2) is 48.8 Å². The van der Waals surface area contributed by atoms with Crippen LogP contribution in [0.1, 0.15) is 21.5 Å². The summed E-state index contributed by atoms with van der Waals surface area (Å²) in [4.78, 5) is 18.9. The zero-order chi connectivity index (χ0) is 17.9. The Balaban J connectivity index is 1.47. The number of fused-ring (bicyclic) bond motifs is 1. The van der Waals surface area contributed by atoms with Crippen LogP contribution in [-0.2, 0) is 16.1 Å². The highest BCUT2D eigenvalue weighted by Crippen LogP contribution is 2.33. The molecule has 0 saturated carbocycles. The summed E-state index contributed by atoms with van der Waals surface area (Å²) in [5.74, 6) is 0.150. The van der Waals surface area contributed by atoms with Crippen molar-refractivity contribution in [2.45, 2.75) is 18.8 Å². The van der Waals surface area contributed by atoms with Gasteiger partial charge in [0.2, 0.25) is 0 Å². The fraction of sp³-hybridized carbons (Fsp3) is 0.350. The number of aromatic nitrogens is 1. The molecule has 0 N–H and O–H groups in total. The van der Waals surface area contributed by atoms with Gasteiger partial charge < -0.3 is 14.4 Å². The molecule has 2 aliphatic heterocycles. The second-order valence-corrected chi connectivity index (χ2v) is 6.63. The van der Waals surface area contributed by atoms with Crippen molar-refractivity contribution in [1.29, 1.82) is 5.26 Å². The summed E-state index contributed by atoms with van der Waals surface area (Å²) in [6.07, 6.45) is 3.47. The molecule has 1 aromatic heterocycles. The maximum Gasteiger partial charge on any atom is 0.254 e. The smallest absolute Gasteiger partial charge is 0.254 e. The zero-order valence-corrected chi connectivity index (χ0v) is 14.2. The summed E-state index contributed by atoms with van der Waals surface area (Å²) >= 11 is 0. The number of hydrogen-bond donors (Lipinski definition) is 0. The van der Waals surface area contributed by atoms with E-state index < -0.39 is 0 Å². The Labute approximate surface area is 152 Å². The van der Waals surface area contributed by atoms with E-state index >= 15 is 0 Å². The lowest BCUT2D eigenvalue weighted by Crippen LogP contribution is -2.38. The largest absolute Gasteiger partial charge is 0.379 e. The van der Waals surface area contributed by atoms with E-state index in [2.05, 4.69) is 11.1 Å². The van der Waals surface area contributed by atoms with E-state index in [1.165, 1.54) is 0 Å². The predicted octanol–water partition coefficient (Wildman–Crippen LogP) is 2.01. The molecule has 3 heterocycles. The van der Waals surface area contributed by atoms with Gasteiger partial charge in [-0.05, 0) is 35.9 Å². The van der Waals surface area contributed by atoms with Gasteiger partial charge >= 0.3 is 0 Å². The van der Waals surface area contributed by atoms with E-state index in [4.69, 9.17) is 14.7 Å². The van der Waals surface area contributed by atoms with Gasteiger partial charge in [-0.15, -0.1) is 0 Å². The number of carbonyl (C=O) groups is 1. The van der Waals surface area contributed by atoms with Crippen LogP contribution >= 0.6 is 0 Å². The molecule has 0 spiro atoms. The van der Waals surface area contributed by atoms with Crippen molar-refractivity contribution in [3.8, 4) is 6.07 Å². The molecule has 0 unspecified atom stereocenters. The minimum Gasteiger partial charge on any atom is -0.379 e. The first-order chi connectivity index (χ1) is 12.8. The number of pyridine rings is 1. The summed E-state index contributed by atoms with van der Waals surface area (Å²) in [6, 6.07) is 12.7. The second kappa shape index (κ2) is 7.24. The number of hydrogen-bond acceptors (Lipinski definition) is 5. The molecule has 6 heteroatoms. The Kier molecular flexibility index (Phi) is 4.65. The number of likely N-dealkylation sites (tertiary alicyclic amines) is 1. The third-order valence-electron chi connectivity index (χ3n) is 5.06. The van der Waals surface area contributed by atoms with Gasteiger partial charge in [0.1, 0.15) is 0 Å². The number of carbonyl (C=O) groups excluding carboxylic acids is 1. The Morgan fingerprint density at radius 3 is 2.88 bits per heavy atom. The standard InChI is InChI=1S/C20H19N3O3/c21-8-14-3-5-16(6-4-14)20(24)23-10-19(17-12-25-13-18(17)23)26-11-15-2-1-7-22-9-15/h1-7,9,17-19H,10-13H2/t17-,18+,19+/m1/s1. The van der Waals surface area contributed by atoms with Gasteiger partial charge in [0.15, 0.2) is 0 Å². The highest BCUT2D eigenvalue weighted by molar-refractivity contribution is 5.94. The quantitative estimate of drug-likeness (QED) is 0.844. The molecule has 1 aromatic carbocycles. The summed E-state index contributed by atoms with van der Waals surface area (Å²) < 4.78 is 11.7. The zero-order valence-electron chi connectivity index (χ0n) is 14.2. The Morgan fingerprint density at radius 1 is 1.31 bits per heavy atom. The van der Waals surface area contributed by atoms with Crippen molar-refractivity contribution in [1.82, 2.24) is 9.88 Å². The van der Waals surface area contributed by atoms with E-state index in [0.717, 1.165) is 5.56 Å². The van der Waals surface area contributed by atoms with Gasteiger partial charge in [-0.3, -0.25) is 9.78 Å². The SMILES string of the molecule is N#Cc1ccc(C(=O)N2C[C@H](OCc3cccnc3)[C@@H]3COC[C@@H]32)cc1. The number of nitrogens with zero attached hydrogens (tertiary/aromatic N) is 3. The molecule has 1 amide bonds. The van der Waals surface area contributed by atoms with Crippen LogP contribution in [0, 0.1) is 17.2 Å². The third kappa shape index (κ3) is 3.19. The van der Waals surface area contributed by atoms with Gasteiger partial charge in [-0.1, -0.05) is 6.07 Å². The Bertz CT molecular complexity index is 816. The van der Waals surface area contributed by atoms with Crippen molar-refractivity contribution in [3.63, 3.8) is 0 Å². The number of benzene rings is 1. The monoisotopic (exact) mass is 349 g/mol. The first-order valence-electron chi connectivity index (χ1n) is 8.65. The van der Waals surface area contributed by atoms with Crippen molar-refractivity contribution < 1.29 is 14.3 Å². The van der Waals surface area contributed by atoms with Gasteiger partial charge in [-0.25, -0.2) is 0 Å². The summed E-state index contributed by atoms with van der Waals surface area (Å²) in [6.45, 7) is 2.18. The lowest BCUT2D eigenvalue weighted by Gasteiger charge is -2.22. The summed E-state index contributed by atoms with van der Waals surface area (Å²) in [5, 5.41) is 8.91. The molecule has 0 aliphatic carbocycles. The van der Waals surface area contributed by atoms with Crippen LogP contribution in [0.25, 0.3) is 0 Å². The normalized spacial score (nSPS) is 24.3. The molecule has 2 fully saturated rings. The maximum atomic E-state index is 12.9. The van der Waals surface area contributed by atoms with Crippen molar-refractivity contribution >= 4 is 5.91 Å². The lowest BCUT2D eigenvalue weighted by atomic mass is 10.0. The average Bonchev–Trinajstić information content (AvgIpc) is 3.30. The summed E-state index contributed by atoms with van der Waals surface area (Å²) in [5.41, 5.74) is 2.14. The molecule has 2 aliphatic rings. The van der Waals surface area contributed by atoms with Gasteiger partial charge in [0.25, 0.3) is 5.91 Å². The van der Waals surface area contributed by atoms with E-state index in [1.807, 2.05) is 17.0 Å². The molecule has 3 atom stereocenters. The maximum absolute atomic E-state index is 12.9. The van der Waals surface area contributed by atoms with Crippen molar-refractivity contribution in [3.05, 3.63) is 65.5 Å². The fourth-order valence-corrected chi connectivity index (χ4v) is 3.65. The third-order valence-corrected chi connectivity index (χ3v) is 5.06. The number of ether oxygens (including phenoxy) is 2. The number of amides is 1. The molecule has 0 radical (unpaired) electrons. The van der Waals surface area contributed by atoms with Crippen molar-refractivity contribution in [2.24, 2.45) is 5.92 Å². The molecule has 26 heavy (non-hydrogen) atoms. The highest BCUT2D eigenvalue weighted by Gasteiger charge is 2.48. The predicted molar refractivity (Wildman–Crippen MR) is 93.1 cm³/mol. The van der Waals surface area contributed by atoms with Crippen LogP contribution in [-0.4, -0.2) is 47.7 Å². The van der Waals surface area contributed by atoms with E-state index in [-0.39, 0.29) is 24.0 Å². The van der Waals surface area contributed by atoms with Crippen LogP contribution in [0.3, 0.4) is 0 Å². The lowest BCUT2D eigenvalue weighted by molar-refractivity contribution is 0.00925. The first-order valence-corrected chi connectivity index (χ1v) is 8.65. The van der Waals surface area contributed by atoms with Crippen LogP contribution in [0.5, 0.6) is 0 Å². The molecular formula is C20H19N3O3. The van der Waals surface area contributed by atoms with Gasteiger partial charge in [-0.2, -0.15) is 5.26 Å². The van der Waals surface area contributed by atoms with E-state index in [9.17, 15) is 4.79 Å². The Morgan fingerprint density at radius 2 is 2.15 bits per heavy atom. The molecule has 6 nitrogen and oxygen atoms in total. The van der Waals surface area contributed by atoms with Crippen LogP contribution in [0.4, 0.5) is 0 Å². The molecule has 4 rings (SSSR count). The topological polar surface area (TPSA) is 75.5 Å². The fourth-order valence-electron chi connectivity index (χ4n) is 3.65.